The van der Waals surface area contributed by atoms with Gasteiger partial charge in [0.2, 0.25) is 10.0 Å². The molecule has 0 amide bonds. The van der Waals surface area contributed by atoms with Gasteiger partial charge in [-0.05, 0) is 59.5 Å². The molecular weight excluding hydrogens is 462 g/mol. The predicted molar refractivity (Wildman–Crippen MR) is 134 cm³/mol. The number of rotatable bonds is 5. The molecule has 7 nitrogen and oxygen atoms in total. The quantitative estimate of drug-likeness (QED) is 0.586. The van der Waals surface area contributed by atoms with Gasteiger partial charge in [-0.25, -0.2) is 8.42 Å². The molecule has 3 aromatic rings. The summed E-state index contributed by atoms with van der Waals surface area (Å²) in [4.78, 5) is 2.21. The number of para-hydroxylation sites is 1. The molecule has 0 aromatic heterocycles. The van der Waals surface area contributed by atoms with E-state index in [1.807, 2.05) is 31.3 Å². The van der Waals surface area contributed by atoms with E-state index in [1.165, 1.54) is 7.11 Å². The van der Waals surface area contributed by atoms with Crippen molar-refractivity contribution in [3.63, 3.8) is 0 Å². The first kappa shape index (κ1) is 23.4. The zero-order valence-corrected chi connectivity index (χ0v) is 20.4. The van der Waals surface area contributed by atoms with Crippen LogP contribution in [0, 0.1) is 17.2 Å². The third-order valence-corrected chi connectivity index (χ3v) is 9.23. The molecular formula is C27H27N3O4S. The number of aliphatic hydroxyl groups is 1. The van der Waals surface area contributed by atoms with Crippen molar-refractivity contribution in [1.82, 2.24) is 4.31 Å². The molecule has 2 heterocycles. The first-order valence-electron chi connectivity index (χ1n) is 11.5. The fraction of sp³-hybridized carbons (Fsp3) is 0.296. The van der Waals surface area contributed by atoms with Gasteiger partial charge in [-0.3, -0.25) is 0 Å². The molecule has 1 N–H and O–H groups in total. The Labute approximate surface area is 205 Å². The van der Waals surface area contributed by atoms with Gasteiger partial charge in [-0.1, -0.05) is 30.3 Å². The molecule has 0 radical (unpaired) electrons. The van der Waals surface area contributed by atoms with E-state index in [0.29, 0.717) is 24.3 Å². The van der Waals surface area contributed by atoms with Gasteiger partial charge in [0.15, 0.2) is 0 Å². The Hall–Kier alpha value is -3.38. The highest BCUT2D eigenvalue weighted by Crippen LogP contribution is 2.51. The number of nitrogens with zero attached hydrogens (tertiary/aromatic N) is 3. The lowest BCUT2D eigenvalue weighted by molar-refractivity contribution is 0.193. The van der Waals surface area contributed by atoms with Crippen LogP contribution in [0.25, 0.3) is 11.1 Å². The van der Waals surface area contributed by atoms with E-state index < -0.39 is 16.1 Å². The van der Waals surface area contributed by atoms with Gasteiger partial charge in [0.05, 0.1) is 37.4 Å². The average molecular weight is 490 g/mol. The highest BCUT2D eigenvalue weighted by atomic mass is 32.2. The lowest BCUT2D eigenvalue weighted by atomic mass is 9.81. The number of nitriles is 1. The van der Waals surface area contributed by atoms with E-state index in [1.54, 1.807) is 40.7 Å². The zero-order valence-electron chi connectivity index (χ0n) is 19.6. The Bertz CT molecular complexity index is 1400. The van der Waals surface area contributed by atoms with Crippen LogP contribution in [-0.2, 0) is 10.0 Å². The number of benzene rings is 3. The van der Waals surface area contributed by atoms with Crippen LogP contribution in [-0.4, -0.2) is 51.2 Å². The van der Waals surface area contributed by atoms with Crippen LogP contribution >= 0.6 is 0 Å². The standard InChI is InChI=1S/C27H27N3O4S/c1-29-23-12-11-20(19-9-7-18(16-28)8-10-19)15-22(23)27-21(24(29)17-31)13-14-30(27)35(32,33)26-6-4-3-5-25(26)34-2/h3-12,15,21,24,27,31H,13-14,17H2,1-2H3/t21-,24-,27-/m0/s1. The van der Waals surface area contributed by atoms with Crippen molar-refractivity contribution in [3.8, 4) is 22.9 Å². The largest absolute Gasteiger partial charge is 0.495 e. The SMILES string of the molecule is COc1ccccc1S(=O)(=O)N1CC[C@@H]2[C@H]1c1cc(-c3ccc(C#N)cc3)ccc1N(C)[C@H]2CO. The summed E-state index contributed by atoms with van der Waals surface area (Å²) in [6.07, 6.45) is 0.648. The highest BCUT2D eigenvalue weighted by molar-refractivity contribution is 7.89. The van der Waals surface area contributed by atoms with Crippen molar-refractivity contribution in [3.05, 3.63) is 77.9 Å². The Morgan fingerprint density at radius 2 is 1.80 bits per heavy atom. The molecule has 35 heavy (non-hydrogen) atoms. The monoisotopic (exact) mass is 489 g/mol. The smallest absolute Gasteiger partial charge is 0.247 e. The van der Waals surface area contributed by atoms with Gasteiger partial charge in [-0.15, -0.1) is 0 Å². The third kappa shape index (κ3) is 3.76. The van der Waals surface area contributed by atoms with Crippen molar-refractivity contribution in [2.75, 3.05) is 32.2 Å². The molecule has 2 aliphatic heterocycles. The van der Waals surface area contributed by atoms with Gasteiger partial charge in [0.25, 0.3) is 0 Å². The summed E-state index contributed by atoms with van der Waals surface area (Å²) in [6, 6.07) is 21.6. The Morgan fingerprint density at radius 1 is 1.09 bits per heavy atom. The van der Waals surface area contributed by atoms with E-state index in [0.717, 1.165) is 22.4 Å². The van der Waals surface area contributed by atoms with E-state index in [9.17, 15) is 13.5 Å². The van der Waals surface area contributed by atoms with Gasteiger partial charge in [0.1, 0.15) is 10.6 Å². The van der Waals surface area contributed by atoms with E-state index in [2.05, 4.69) is 17.0 Å². The van der Waals surface area contributed by atoms with Crippen LogP contribution in [0.5, 0.6) is 5.75 Å². The molecule has 0 unspecified atom stereocenters. The molecule has 3 atom stereocenters. The minimum Gasteiger partial charge on any atom is -0.495 e. The summed E-state index contributed by atoms with van der Waals surface area (Å²) in [7, 11) is -0.435. The van der Waals surface area contributed by atoms with Gasteiger partial charge in [-0.2, -0.15) is 9.57 Å². The van der Waals surface area contributed by atoms with Crippen molar-refractivity contribution >= 4 is 15.7 Å². The predicted octanol–water partition coefficient (Wildman–Crippen LogP) is 3.80. The van der Waals surface area contributed by atoms with Crippen molar-refractivity contribution in [1.29, 1.82) is 5.26 Å². The van der Waals surface area contributed by atoms with Crippen molar-refractivity contribution in [2.45, 2.75) is 23.4 Å². The number of hydrogen-bond acceptors (Lipinski definition) is 6. The average Bonchev–Trinajstić information content (AvgIpc) is 3.35. The molecule has 8 heteroatoms. The minimum atomic E-state index is -3.86. The van der Waals surface area contributed by atoms with Crippen LogP contribution in [0.2, 0.25) is 0 Å². The van der Waals surface area contributed by atoms with E-state index in [-0.39, 0.29) is 23.5 Å². The number of anilines is 1. The second-order valence-electron chi connectivity index (χ2n) is 8.99. The molecule has 1 fully saturated rings. The number of likely N-dealkylation sites (N-methyl/N-ethyl adjacent to an activating group) is 1. The van der Waals surface area contributed by atoms with Gasteiger partial charge < -0.3 is 14.7 Å². The molecule has 180 valence electrons. The minimum absolute atomic E-state index is 0.0572. The molecule has 0 aliphatic carbocycles. The van der Waals surface area contributed by atoms with E-state index in [4.69, 9.17) is 10.00 Å². The van der Waals surface area contributed by atoms with E-state index >= 15 is 0 Å². The van der Waals surface area contributed by atoms with Gasteiger partial charge in [0, 0.05) is 25.2 Å². The van der Waals surface area contributed by atoms with Gasteiger partial charge >= 0.3 is 0 Å². The molecule has 0 bridgehead atoms. The normalized spacial score (nSPS) is 21.8. The molecule has 3 aromatic carbocycles. The number of hydrogen-bond donors (Lipinski definition) is 1. The summed E-state index contributed by atoms with van der Waals surface area (Å²) in [5.74, 6) is 0.257. The Morgan fingerprint density at radius 3 is 2.49 bits per heavy atom. The first-order valence-corrected chi connectivity index (χ1v) is 13.0. The van der Waals surface area contributed by atoms with Crippen LogP contribution < -0.4 is 9.64 Å². The molecule has 1 saturated heterocycles. The second kappa shape index (κ2) is 9.00. The molecule has 5 rings (SSSR count). The fourth-order valence-corrected chi connectivity index (χ4v) is 7.38. The van der Waals surface area contributed by atoms with Crippen molar-refractivity contribution < 1.29 is 18.3 Å². The second-order valence-corrected chi connectivity index (χ2v) is 10.8. The number of fused-ring (bicyclic) bond motifs is 3. The summed E-state index contributed by atoms with van der Waals surface area (Å²) in [6.45, 7) is 0.303. The van der Waals surface area contributed by atoms with Crippen LogP contribution in [0.4, 0.5) is 5.69 Å². The topological polar surface area (TPSA) is 93.9 Å². The summed E-state index contributed by atoms with van der Waals surface area (Å²) in [5, 5.41) is 19.4. The molecule has 0 saturated carbocycles. The summed E-state index contributed by atoms with van der Waals surface area (Å²) < 4.78 is 34.8. The molecule has 2 aliphatic rings. The number of sulfonamides is 1. The Kier molecular flexibility index (Phi) is 6.01. The van der Waals surface area contributed by atoms with Crippen molar-refractivity contribution in [2.24, 2.45) is 5.92 Å². The molecule has 0 spiro atoms. The lowest BCUT2D eigenvalue weighted by Gasteiger charge is -2.44. The third-order valence-electron chi connectivity index (χ3n) is 7.31. The Balaban J connectivity index is 1.64. The fourth-order valence-electron chi connectivity index (χ4n) is 5.56. The van der Waals surface area contributed by atoms with Crippen LogP contribution in [0.15, 0.2) is 71.6 Å². The number of aliphatic hydroxyl groups excluding tert-OH is 1. The number of methoxy groups -OCH3 is 1. The maximum atomic E-state index is 13.9. The van der Waals surface area contributed by atoms with Crippen LogP contribution in [0.1, 0.15) is 23.6 Å². The maximum absolute atomic E-state index is 13.9. The number of ether oxygens (including phenoxy) is 1. The first-order chi connectivity index (χ1) is 16.9. The summed E-state index contributed by atoms with van der Waals surface area (Å²) in [5.41, 5.74) is 4.31. The summed E-state index contributed by atoms with van der Waals surface area (Å²) >= 11 is 0. The highest BCUT2D eigenvalue weighted by Gasteiger charge is 2.50. The zero-order chi connectivity index (χ0) is 24.7. The van der Waals surface area contributed by atoms with Crippen LogP contribution in [0.3, 0.4) is 0 Å². The lowest BCUT2D eigenvalue weighted by Crippen LogP contribution is -2.48. The maximum Gasteiger partial charge on any atom is 0.247 e.